The lowest BCUT2D eigenvalue weighted by Crippen LogP contribution is -2.49. The largest absolute Gasteiger partial charge is 0.411 e. The van der Waals surface area contributed by atoms with Crippen molar-refractivity contribution in [1.82, 2.24) is 0 Å². The lowest BCUT2D eigenvalue weighted by atomic mass is 10.4. The fourth-order valence-corrected chi connectivity index (χ4v) is 3.95. The molecule has 0 aromatic heterocycles. The molecule has 3 heteroatoms. The molecule has 0 amide bonds. The standard InChI is InChI=1S/C12H15NOSi/c1-4-11(10-13)15(3,14-2)12-8-6-5-7-9-12/h4-9H,1-3H3. The zero-order valence-corrected chi connectivity index (χ0v) is 10.3. The molecule has 0 saturated heterocycles. The van der Waals surface area contributed by atoms with E-state index in [1.165, 1.54) is 0 Å². The second kappa shape index (κ2) is 4.92. The molecule has 1 rings (SSSR count). The summed E-state index contributed by atoms with van der Waals surface area (Å²) in [6.07, 6.45) is 1.85. The van der Waals surface area contributed by atoms with Crippen LogP contribution in [0.3, 0.4) is 0 Å². The van der Waals surface area contributed by atoms with Crippen LogP contribution in [0.1, 0.15) is 6.92 Å². The van der Waals surface area contributed by atoms with Crippen LogP contribution >= 0.6 is 0 Å². The normalized spacial score (nSPS) is 15.5. The average molecular weight is 217 g/mol. The lowest BCUT2D eigenvalue weighted by Gasteiger charge is -2.24. The Labute approximate surface area is 91.9 Å². The van der Waals surface area contributed by atoms with Crippen molar-refractivity contribution >= 4 is 13.5 Å². The van der Waals surface area contributed by atoms with Crippen LogP contribution < -0.4 is 5.19 Å². The first-order chi connectivity index (χ1) is 7.19. The lowest BCUT2D eigenvalue weighted by molar-refractivity contribution is 0.418. The second-order valence-corrected chi connectivity index (χ2v) is 7.01. The van der Waals surface area contributed by atoms with Crippen LogP contribution in [0.5, 0.6) is 0 Å². The predicted molar refractivity (Wildman–Crippen MR) is 64.1 cm³/mol. The van der Waals surface area contributed by atoms with E-state index < -0.39 is 8.32 Å². The van der Waals surface area contributed by atoms with E-state index in [-0.39, 0.29) is 0 Å². The quantitative estimate of drug-likeness (QED) is 0.574. The Bertz CT molecular complexity index is 394. The van der Waals surface area contributed by atoms with Crippen molar-refractivity contribution in [1.29, 1.82) is 5.26 Å². The summed E-state index contributed by atoms with van der Waals surface area (Å²) < 4.78 is 5.62. The number of nitrogens with zero attached hydrogens (tertiary/aromatic N) is 1. The van der Waals surface area contributed by atoms with Crippen molar-refractivity contribution < 1.29 is 4.43 Å². The summed E-state index contributed by atoms with van der Waals surface area (Å²) in [5, 5.41) is 11.0. The molecule has 0 saturated carbocycles. The molecule has 0 radical (unpaired) electrons. The molecule has 0 aliphatic rings. The van der Waals surface area contributed by atoms with Crippen LogP contribution in [0, 0.1) is 11.3 Å². The molecule has 0 spiro atoms. The Morgan fingerprint density at radius 3 is 2.40 bits per heavy atom. The Balaban J connectivity index is 3.24. The minimum Gasteiger partial charge on any atom is -0.411 e. The maximum Gasteiger partial charge on any atom is 0.262 e. The fourth-order valence-electron chi connectivity index (χ4n) is 1.59. The van der Waals surface area contributed by atoms with Gasteiger partial charge in [-0.15, -0.1) is 0 Å². The van der Waals surface area contributed by atoms with Crippen LogP contribution in [0.25, 0.3) is 0 Å². The summed E-state index contributed by atoms with van der Waals surface area (Å²) in [6.45, 7) is 3.92. The van der Waals surface area contributed by atoms with Gasteiger partial charge in [0, 0.05) is 12.3 Å². The van der Waals surface area contributed by atoms with Gasteiger partial charge in [0.05, 0.1) is 6.07 Å². The van der Waals surface area contributed by atoms with Gasteiger partial charge in [0.25, 0.3) is 8.32 Å². The van der Waals surface area contributed by atoms with Crippen molar-refractivity contribution in [2.45, 2.75) is 13.5 Å². The molecule has 2 nitrogen and oxygen atoms in total. The molecule has 1 aromatic rings. The molecular formula is C12H15NOSi. The van der Waals surface area contributed by atoms with Gasteiger partial charge in [-0.25, -0.2) is 0 Å². The Morgan fingerprint density at radius 2 is 2.00 bits per heavy atom. The first-order valence-corrected chi connectivity index (χ1v) is 7.27. The Hall–Kier alpha value is -1.37. The summed E-state index contributed by atoms with van der Waals surface area (Å²) in [6, 6.07) is 12.2. The van der Waals surface area contributed by atoms with E-state index >= 15 is 0 Å². The first kappa shape index (κ1) is 11.7. The molecule has 15 heavy (non-hydrogen) atoms. The number of allylic oxidation sites excluding steroid dienone is 2. The van der Waals surface area contributed by atoms with E-state index in [0.717, 1.165) is 10.4 Å². The molecule has 1 unspecified atom stereocenters. The summed E-state index contributed by atoms with van der Waals surface area (Å²) in [5.41, 5.74) is 0. The topological polar surface area (TPSA) is 33.0 Å². The highest BCUT2D eigenvalue weighted by Gasteiger charge is 2.34. The number of hydrogen-bond donors (Lipinski definition) is 0. The monoisotopic (exact) mass is 217 g/mol. The summed E-state index contributed by atoms with van der Waals surface area (Å²) in [7, 11) is -0.548. The molecule has 0 heterocycles. The molecule has 0 bridgehead atoms. The van der Waals surface area contributed by atoms with Gasteiger partial charge in [0.2, 0.25) is 0 Å². The minimum atomic E-state index is -2.23. The molecule has 0 N–H and O–H groups in total. The van der Waals surface area contributed by atoms with Crippen molar-refractivity contribution in [2.24, 2.45) is 0 Å². The van der Waals surface area contributed by atoms with Gasteiger partial charge in [-0.2, -0.15) is 5.26 Å². The molecule has 1 aromatic carbocycles. The molecule has 0 aliphatic carbocycles. The summed E-state index contributed by atoms with van der Waals surface area (Å²) in [5.74, 6) is 0. The van der Waals surface area contributed by atoms with Gasteiger partial charge in [0.15, 0.2) is 0 Å². The number of nitriles is 1. The SMILES string of the molecule is CC=C(C#N)[Si](C)(OC)c1ccccc1. The van der Waals surface area contributed by atoms with Crippen LogP contribution in [0.2, 0.25) is 6.55 Å². The Morgan fingerprint density at radius 1 is 1.40 bits per heavy atom. The van der Waals surface area contributed by atoms with Crippen molar-refractivity contribution in [3.8, 4) is 6.07 Å². The van der Waals surface area contributed by atoms with Crippen molar-refractivity contribution in [3.05, 3.63) is 41.6 Å². The van der Waals surface area contributed by atoms with Gasteiger partial charge in [-0.1, -0.05) is 36.4 Å². The highest BCUT2D eigenvalue weighted by Crippen LogP contribution is 2.15. The number of rotatable bonds is 3. The zero-order valence-electron chi connectivity index (χ0n) is 9.32. The van der Waals surface area contributed by atoms with Crippen LogP contribution in [-0.4, -0.2) is 15.4 Å². The van der Waals surface area contributed by atoms with E-state index in [1.807, 2.05) is 49.9 Å². The van der Waals surface area contributed by atoms with Crippen LogP contribution in [-0.2, 0) is 4.43 Å². The third-order valence-electron chi connectivity index (χ3n) is 2.66. The summed E-state index contributed by atoms with van der Waals surface area (Å²) >= 11 is 0. The maximum absolute atomic E-state index is 9.09. The van der Waals surface area contributed by atoms with Crippen molar-refractivity contribution in [3.63, 3.8) is 0 Å². The highest BCUT2D eigenvalue weighted by atomic mass is 28.4. The van der Waals surface area contributed by atoms with E-state index in [9.17, 15) is 0 Å². The van der Waals surface area contributed by atoms with Crippen molar-refractivity contribution in [2.75, 3.05) is 7.11 Å². The average Bonchev–Trinajstić information content (AvgIpc) is 2.31. The zero-order chi connectivity index (χ0) is 11.3. The minimum absolute atomic E-state index is 0.760. The van der Waals surface area contributed by atoms with E-state index in [0.29, 0.717) is 0 Å². The second-order valence-electron chi connectivity index (χ2n) is 3.42. The van der Waals surface area contributed by atoms with E-state index in [2.05, 4.69) is 6.07 Å². The number of hydrogen-bond acceptors (Lipinski definition) is 2. The highest BCUT2D eigenvalue weighted by molar-refractivity contribution is 6.92. The third-order valence-corrected chi connectivity index (χ3v) is 6.34. The molecule has 0 aliphatic heterocycles. The summed E-state index contributed by atoms with van der Waals surface area (Å²) in [4.78, 5) is 0. The van der Waals surface area contributed by atoms with Gasteiger partial charge in [-0.3, -0.25) is 0 Å². The molecular weight excluding hydrogens is 202 g/mol. The van der Waals surface area contributed by atoms with Crippen LogP contribution in [0.15, 0.2) is 41.6 Å². The van der Waals surface area contributed by atoms with Gasteiger partial charge in [-0.05, 0) is 18.7 Å². The van der Waals surface area contributed by atoms with Gasteiger partial charge >= 0.3 is 0 Å². The fraction of sp³-hybridized carbons (Fsp3) is 0.250. The number of benzene rings is 1. The van der Waals surface area contributed by atoms with Gasteiger partial charge in [0.1, 0.15) is 0 Å². The first-order valence-electron chi connectivity index (χ1n) is 4.86. The van der Waals surface area contributed by atoms with E-state index in [4.69, 9.17) is 9.69 Å². The molecule has 0 fully saturated rings. The van der Waals surface area contributed by atoms with Gasteiger partial charge < -0.3 is 4.43 Å². The third kappa shape index (κ3) is 2.17. The molecule has 78 valence electrons. The maximum atomic E-state index is 9.09. The Kier molecular flexibility index (Phi) is 3.84. The van der Waals surface area contributed by atoms with Crippen LogP contribution in [0.4, 0.5) is 0 Å². The molecule has 1 atom stereocenters. The predicted octanol–water partition coefficient (Wildman–Crippen LogP) is 2.12. The van der Waals surface area contributed by atoms with E-state index in [1.54, 1.807) is 7.11 Å². The smallest absolute Gasteiger partial charge is 0.262 e.